The van der Waals surface area contributed by atoms with Gasteiger partial charge in [-0.05, 0) is 24.4 Å². The number of rotatable bonds is 4. The summed E-state index contributed by atoms with van der Waals surface area (Å²) in [5.74, 6) is 0.268. The maximum absolute atomic E-state index is 9.94. The van der Waals surface area contributed by atoms with Gasteiger partial charge in [-0.15, -0.1) is 0 Å². The molecule has 114 valence electrons. The van der Waals surface area contributed by atoms with E-state index >= 15 is 0 Å². The number of nitrogens with zero attached hydrogens (tertiary/aromatic N) is 4. The van der Waals surface area contributed by atoms with E-state index in [1.54, 1.807) is 6.33 Å². The van der Waals surface area contributed by atoms with Crippen LogP contribution in [-0.2, 0) is 4.84 Å². The van der Waals surface area contributed by atoms with Crippen molar-refractivity contribution in [3.8, 4) is 0 Å². The molecule has 0 unspecified atom stereocenters. The molecule has 0 aliphatic heterocycles. The summed E-state index contributed by atoms with van der Waals surface area (Å²) in [6.45, 7) is -0.0312. The Hall–Kier alpha value is -1.48. The van der Waals surface area contributed by atoms with Crippen molar-refractivity contribution >= 4 is 28.6 Å². The third-order valence-corrected chi connectivity index (χ3v) is 4.02. The van der Waals surface area contributed by atoms with Gasteiger partial charge in [0.05, 0.1) is 19.5 Å². The van der Waals surface area contributed by atoms with Crippen molar-refractivity contribution in [3.05, 3.63) is 11.6 Å². The lowest BCUT2D eigenvalue weighted by Gasteiger charge is -2.12. The lowest BCUT2D eigenvalue weighted by atomic mass is 10.1. The fraction of sp³-hybridized carbons (Fsp3) is 0.583. The summed E-state index contributed by atoms with van der Waals surface area (Å²) in [5.41, 5.74) is 3.74. The number of aromatic nitrogens is 4. The number of nitrogens with one attached hydrogen (secondary N) is 1. The molecule has 1 saturated carbocycles. The van der Waals surface area contributed by atoms with Gasteiger partial charge in [0.1, 0.15) is 0 Å². The van der Waals surface area contributed by atoms with Crippen molar-refractivity contribution in [1.29, 1.82) is 0 Å². The number of hydrogen-bond donors (Lipinski definition) is 3. The Morgan fingerprint density at radius 2 is 2.29 bits per heavy atom. The summed E-state index contributed by atoms with van der Waals surface area (Å²) in [7, 11) is 1.47. The van der Waals surface area contributed by atoms with Crippen molar-refractivity contribution < 1.29 is 15.1 Å². The number of halogens is 1. The topological polar surface area (TPSA) is 105 Å². The van der Waals surface area contributed by atoms with Crippen LogP contribution in [0.5, 0.6) is 0 Å². The van der Waals surface area contributed by atoms with Crippen LogP contribution >= 0.6 is 11.6 Å². The van der Waals surface area contributed by atoms with Gasteiger partial charge in [0, 0.05) is 18.6 Å². The molecule has 3 N–H and O–H groups in total. The summed E-state index contributed by atoms with van der Waals surface area (Å²) in [6, 6.07) is 0.0171. The zero-order chi connectivity index (χ0) is 15.0. The minimum Gasteiger partial charge on any atom is -0.396 e. The normalized spacial score (nSPS) is 25.6. The van der Waals surface area contributed by atoms with Crippen molar-refractivity contribution in [3.63, 3.8) is 0 Å². The van der Waals surface area contributed by atoms with E-state index < -0.39 is 6.10 Å². The Balaban J connectivity index is 2.01. The summed E-state index contributed by atoms with van der Waals surface area (Å²) in [6.07, 6.45) is 2.34. The fourth-order valence-corrected chi connectivity index (χ4v) is 2.99. The number of anilines is 1. The zero-order valence-corrected chi connectivity index (χ0v) is 12.2. The largest absolute Gasteiger partial charge is 0.396 e. The van der Waals surface area contributed by atoms with Gasteiger partial charge < -0.3 is 14.8 Å². The van der Waals surface area contributed by atoms with Gasteiger partial charge in [0.25, 0.3) is 0 Å². The number of imidazole rings is 1. The lowest BCUT2D eigenvalue weighted by Crippen LogP contribution is -2.16. The minimum absolute atomic E-state index is 0.0171. The van der Waals surface area contributed by atoms with Crippen molar-refractivity contribution in [1.82, 2.24) is 19.5 Å². The smallest absolute Gasteiger partial charge is 0.226 e. The van der Waals surface area contributed by atoms with E-state index in [2.05, 4.69) is 20.4 Å². The van der Waals surface area contributed by atoms with Crippen LogP contribution < -0.4 is 5.48 Å². The van der Waals surface area contributed by atoms with Gasteiger partial charge in [0.15, 0.2) is 17.0 Å². The SMILES string of the molecule is CONc1nc(Cl)nc2c1ncn2[C@@H]1C[C@H](CO)[C@@H](O)C1. The first-order valence-electron chi connectivity index (χ1n) is 6.62. The van der Waals surface area contributed by atoms with E-state index in [-0.39, 0.29) is 23.9 Å². The minimum atomic E-state index is -0.522. The summed E-state index contributed by atoms with van der Waals surface area (Å²) in [5, 5.41) is 19.3. The molecule has 0 saturated heterocycles. The third kappa shape index (κ3) is 2.55. The maximum Gasteiger partial charge on any atom is 0.226 e. The van der Waals surface area contributed by atoms with Crippen LogP contribution in [0.15, 0.2) is 6.33 Å². The Kier molecular flexibility index (Phi) is 3.94. The summed E-state index contributed by atoms with van der Waals surface area (Å²) in [4.78, 5) is 17.4. The molecule has 8 nitrogen and oxygen atoms in total. The quantitative estimate of drug-likeness (QED) is 0.565. The molecule has 0 spiro atoms. The maximum atomic E-state index is 9.94. The van der Waals surface area contributed by atoms with Crippen LogP contribution in [0.25, 0.3) is 11.2 Å². The molecule has 1 fully saturated rings. The summed E-state index contributed by atoms with van der Waals surface area (Å²) < 4.78 is 1.86. The van der Waals surface area contributed by atoms with Gasteiger partial charge in [-0.1, -0.05) is 0 Å². The first kappa shape index (κ1) is 14.5. The molecule has 3 rings (SSSR count). The first-order chi connectivity index (χ1) is 10.1. The van der Waals surface area contributed by atoms with Crippen LogP contribution in [-0.4, -0.2) is 49.6 Å². The Morgan fingerprint density at radius 1 is 1.48 bits per heavy atom. The molecule has 2 heterocycles. The Labute approximate surface area is 125 Å². The highest BCUT2D eigenvalue weighted by Crippen LogP contribution is 2.36. The molecule has 0 amide bonds. The molecule has 0 bridgehead atoms. The van der Waals surface area contributed by atoms with E-state index in [4.69, 9.17) is 16.4 Å². The number of aliphatic hydroxyl groups excluding tert-OH is 2. The van der Waals surface area contributed by atoms with Crippen LogP contribution in [0, 0.1) is 5.92 Å². The van der Waals surface area contributed by atoms with E-state index in [0.717, 1.165) is 0 Å². The lowest BCUT2D eigenvalue weighted by molar-refractivity contribution is 0.0906. The highest BCUT2D eigenvalue weighted by atomic mass is 35.5. The average Bonchev–Trinajstić information content (AvgIpc) is 3.02. The third-order valence-electron chi connectivity index (χ3n) is 3.85. The highest BCUT2D eigenvalue weighted by Gasteiger charge is 2.34. The molecule has 2 aromatic heterocycles. The molecule has 1 aliphatic rings. The van der Waals surface area contributed by atoms with Gasteiger partial charge in [-0.2, -0.15) is 9.97 Å². The zero-order valence-electron chi connectivity index (χ0n) is 11.4. The second-order valence-corrected chi connectivity index (χ2v) is 5.44. The van der Waals surface area contributed by atoms with Crippen molar-refractivity contribution in [2.24, 2.45) is 5.92 Å². The number of fused-ring (bicyclic) bond motifs is 1. The average molecular weight is 314 g/mol. The molecule has 9 heteroatoms. The molecular formula is C12H16ClN5O3. The predicted molar refractivity (Wildman–Crippen MR) is 75.8 cm³/mol. The monoisotopic (exact) mass is 313 g/mol. The van der Waals surface area contributed by atoms with Crippen LogP contribution in [0.2, 0.25) is 5.28 Å². The molecular weight excluding hydrogens is 298 g/mol. The van der Waals surface area contributed by atoms with Gasteiger partial charge >= 0.3 is 0 Å². The van der Waals surface area contributed by atoms with Gasteiger partial charge in [-0.3, -0.25) is 4.84 Å². The predicted octanol–water partition coefficient (Wildman–Crippen LogP) is 0.757. The van der Waals surface area contributed by atoms with E-state index in [1.807, 2.05) is 4.57 Å². The van der Waals surface area contributed by atoms with Crippen LogP contribution in [0.1, 0.15) is 18.9 Å². The molecule has 0 aromatic carbocycles. The standard InChI is InChI=1S/C12H16ClN5O3/c1-21-17-10-9-11(16-12(13)15-10)18(5-14-9)7-2-6(4-19)8(20)3-7/h5-8,19-20H,2-4H2,1H3,(H,15,16,17)/t6-,7-,8+/m1/s1. The molecule has 3 atom stereocenters. The van der Waals surface area contributed by atoms with Crippen molar-refractivity contribution in [2.45, 2.75) is 25.0 Å². The van der Waals surface area contributed by atoms with Crippen LogP contribution in [0.4, 0.5) is 5.82 Å². The fourth-order valence-electron chi connectivity index (χ4n) is 2.82. The van der Waals surface area contributed by atoms with E-state index in [0.29, 0.717) is 29.8 Å². The second-order valence-electron chi connectivity index (χ2n) is 5.11. The molecule has 21 heavy (non-hydrogen) atoms. The number of hydrogen-bond acceptors (Lipinski definition) is 7. The molecule has 0 radical (unpaired) electrons. The Morgan fingerprint density at radius 3 is 2.95 bits per heavy atom. The van der Waals surface area contributed by atoms with E-state index in [9.17, 15) is 10.2 Å². The van der Waals surface area contributed by atoms with Gasteiger partial charge in [-0.25, -0.2) is 10.5 Å². The highest BCUT2D eigenvalue weighted by molar-refractivity contribution is 6.28. The first-order valence-corrected chi connectivity index (χ1v) is 6.99. The van der Waals surface area contributed by atoms with Crippen molar-refractivity contribution in [2.75, 3.05) is 19.2 Å². The van der Waals surface area contributed by atoms with Crippen LogP contribution in [0.3, 0.4) is 0 Å². The number of aliphatic hydroxyl groups is 2. The summed E-state index contributed by atoms with van der Waals surface area (Å²) >= 11 is 5.93. The van der Waals surface area contributed by atoms with E-state index in [1.165, 1.54) is 7.11 Å². The Bertz CT molecular complexity index is 649. The second kappa shape index (κ2) is 5.72. The molecule has 2 aromatic rings. The molecule has 1 aliphatic carbocycles. The van der Waals surface area contributed by atoms with Gasteiger partial charge in [0.2, 0.25) is 5.28 Å².